The van der Waals surface area contributed by atoms with Gasteiger partial charge in [-0.3, -0.25) is 5.32 Å². The molecular weight excluding hydrogens is 248 g/mol. The monoisotopic (exact) mass is 262 g/mol. The van der Waals surface area contributed by atoms with Crippen LogP contribution in [0.1, 0.15) is 18.9 Å². The number of hydrogen-bond acceptors (Lipinski definition) is 4. The lowest BCUT2D eigenvalue weighted by Gasteiger charge is -2.16. The highest BCUT2D eigenvalue weighted by Crippen LogP contribution is 2.29. The maximum atomic E-state index is 11.4. The van der Waals surface area contributed by atoms with Crippen LogP contribution in [0, 0.1) is 0 Å². The molecule has 0 aliphatic heterocycles. The van der Waals surface area contributed by atoms with Crippen LogP contribution in [0.2, 0.25) is 0 Å². The zero-order chi connectivity index (χ0) is 12.3. The van der Waals surface area contributed by atoms with Gasteiger partial charge < -0.3 is 4.90 Å². The van der Waals surface area contributed by atoms with Crippen molar-refractivity contribution in [3.63, 3.8) is 0 Å². The smallest absolute Gasteiger partial charge is 0.323 e. The van der Waals surface area contributed by atoms with Crippen molar-refractivity contribution in [1.82, 2.24) is 15.1 Å². The minimum absolute atomic E-state index is 0.216. The summed E-state index contributed by atoms with van der Waals surface area (Å²) >= 11 is 7.18. The number of aromatic nitrogens is 2. The molecule has 1 rings (SSSR count). The molecule has 0 unspecified atom stereocenters. The van der Waals surface area contributed by atoms with Crippen LogP contribution in [0.4, 0.5) is 9.93 Å². The van der Waals surface area contributed by atoms with Gasteiger partial charge in [0, 0.05) is 25.4 Å². The van der Waals surface area contributed by atoms with Crippen molar-refractivity contribution < 1.29 is 4.79 Å². The van der Waals surface area contributed by atoms with Gasteiger partial charge in [0.25, 0.3) is 0 Å². The molecule has 7 heteroatoms. The van der Waals surface area contributed by atoms with E-state index < -0.39 is 0 Å². The number of rotatable bonds is 3. The number of alkyl halides is 1. The molecule has 1 aromatic heterocycles. The molecule has 0 bridgehead atoms. The quantitative estimate of drug-likeness (QED) is 0.849. The van der Waals surface area contributed by atoms with E-state index in [0.29, 0.717) is 11.0 Å². The molecule has 1 aromatic rings. The molecule has 0 aliphatic rings. The van der Waals surface area contributed by atoms with Crippen molar-refractivity contribution in [3.8, 4) is 0 Å². The molecule has 0 spiro atoms. The summed E-state index contributed by atoms with van der Waals surface area (Å²) in [5.74, 6) is 0.462. The van der Waals surface area contributed by atoms with Gasteiger partial charge in [-0.25, -0.2) is 4.79 Å². The number of anilines is 1. The van der Waals surface area contributed by atoms with Crippen LogP contribution in [0.5, 0.6) is 0 Å². The molecule has 0 saturated carbocycles. The van der Waals surface area contributed by atoms with E-state index in [4.69, 9.17) is 11.6 Å². The molecule has 0 fully saturated rings. The topological polar surface area (TPSA) is 58.1 Å². The number of nitrogens with zero attached hydrogens (tertiary/aromatic N) is 3. The molecule has 16 heavy (non-hydrogen) atoms. The Morgan fingerprint density at radius 3 is 2.62 bits per heavy atom. The van der Waals surface area contributed by atoms with Crippen molar-refractivity contribution in [1.29, 1.82) is 0 Å². The Hall–Kier alpha value is -0.880. The fraction of sp³-hybridized carbons (Fsp3) is 0.667. The SMILES string of the molecule is CN(C)C(=O)Nc1nnc(C(C)(C)CCl)s1. The maximum absolute atomic E-state index is 11.4. The molecule has 90 valence electrons. The van der Waals surface area contributed by atoms with Crippen LogP contribution >= 0.6 is 22.9 Å². The maximum Gasteiger partial charge on any atom is 0.323 e. The fourth-order valence-electron chi connectivity index (χ4n) is 0.808. The van der Waals surface area contributed by atoms with Gasteiger partial charge >= 0.3 is 6.03 Å². The molecule has 2 amide bonds. The van der Waals surface area contributed by atoms with E-state index in [9.17, 15) is 4.79 Å². The molecular formula is C9H15ClN4OS. The lowest BCUT2D eigenvalue weighted by atomic mass is 9.98. The summed E-state index contributed by atoms with van der Waals surface area (Å²) in [6, 6.07) is -0.216. The Bertz CT molecular complexity index is 377. The Morgan fingerprint density at radius 2 is 2.12 bits per heavy atom. The molecule has 0 radical (unpaired) electrons. The number of urea groups is 1. The molecule has 0 aliphatic carbocycles. The number of amides is 2. The first kappa shape index (κ1) is 13.2. The fourth-order valence-corrected chi connectivity index (χ4v) is 1.85. The van der Waals surface area contributed by atoms with E-state index in [1.807, 2.05) is 13.8 Å². The highest BCUT2D eigenvalue weighted by molar-refractivity contribution is 7.15. The first-order chi connectivity index (χ1) is 7.36. The number of carbonyl (C=O) groups is 1. The Balaban J connectivity index is 2.76. The van der Waals surface area contributed by atoms with Gasteiger partial charge in [-0.05, 0) is 0 Å². The third-order valence-electron chi connectivity index (χ3n) is 1.96. The average Bonchev–Trinajstić information content (AvgIpc) is 2.66. The predicted octanol–water partition coefficient (Wildman–Crippen LogP) is 2.15. The van der Waals surface area contributed by atoms with Gasteiger partial charge in [-0.15, -0.1) is 21.8 Å². The summed E-state index contributed by atoms with van der Waals surface area (Å²) in [4.78, 5) is 12.8. The van der Waals surface area contributed by atoms with Crippen molar-refractivity contribution in [2.24, 2.45) is 0 Å². The van der Waals surface area contributed by atoms with E-state index >= 15 is 0 Å². The highest BCUT2D eigenvalue weighted by atomic mass is 35.5. The van der Waals surface area contributed by atoms with Crippen LogP contribution in [0.25, 0.3) is 0 Å². The number of halogens is 1. The van der Waals surface area contributed by atoms with Gasteiger partial charge in [0.1, 0.15) is 5.01 Å². The first-order valence-corrected chi connectivity index (χ1v) is 6.10. The molecule has 1 heterocycles. The minimum atomic E-state index is -0.222. The van der Waals surface area contributed by atoms with Crippen LogP contribution in [0.15, 0.2) is 0 Å². The van der Waals surface area contributed by atoms with Gasteiger partial charge in [0.2, 0.25) is 5.13 Å². The van der Waals surface area contributed by atoms with Crippen LogP contribution in [0.3, 0.4) is 0 Å². The van der Waals surface area contributed by atoms with E-state index in [2.05, 4.69) is 15.5 Å². The van der Waals surface area contributed by atoms with Gasteiger partial charge in [-0.1, -0.05) is 25.2 Å². The summed E-state index contributed by atoms with van der Waals surface area (Å²) in [5, 5.41) is 11.9. The zero-order valence-corrected chi connectivity index (χ0v) is 11.3. The molecule has 0 aromatic carbocycles. The summed E-state index contributed by atoms with van der Waals surface area (Å²) < 4.78 is 0. The van der Waals surface area contributed by atoms with Crippen LogP contribution in [-0.4, -0.2) is 41.1 Å². The second-order valence-corrected chi connectivity index (χ2v) is 5.50. The second-order valence-electron chi connectivity index (χ2n) is 4.25. The van der Waals surface area contributed by atoms with E-state index in [0.717, 1.165) is 5.01 Å². The van der Waals surface area contributed by atoms with Crippen molar-refractivity contribution >= 4 is 34.1 Å². The summed E-state index contributed by atoms with van der Waals surface area (Å²) in [7, 11) is 3.33. The second kappa shape index (κ2) is 4.97. The minimum Gasteiger partial charge on any atom is -0.331 e. The number of carbonyl (C=O) groups excluding carboxylic acids is 1. The van der Waals surface area contributed by atoms with Gasteiger partial charge in [0.05, 0.1) is 0 Å². The van der Waals surface area contributed by atoms with Crippen molar-refractivity contribution in [2.45, 2.75) is 19.3 Å². The third kappa shape index (κ3) is 3.05. The van der Waals surface area contributed by atoms with Gasteiger partial charge in [0.15, 0.2) is 0 Å². The lowest BCUT2D eigenvalue weighted by molar-refractivity contribution is 0.230. The van der Waals surface area contributed by atoms with E-state index in [1.165, 1.54) is 16.2 Å². The average molecular weight is 263 g/mol. The van der Waals surface area contributed by atoms with Crippen LogP contribution < -0.4 is 5.32 Å². The Morgan fingerprint density at radius 1 is 1.50 bits per heavy atom. The van der Waals surface area contributed by atoms with Crippen molar-refractivity contribution in [3.05, 3.63) is 5.01 Å². The largest absolute Gasteiger partial charge is 0.331 e. The molecule has 5 nitrogen and oxygen atoms in total. The Kier molecular flexibility index (Phi) is 4.09. The highest BCUT2D eigenvalue weighted by Gasteiger charge is 2.24. The normalized spacial score (nSPS) is 11.3. The van der Waals surface area contributed by atoms with E-state index in [1.54, 1.807) is 14.1 Å². The third-order valence-corrected chi connectivity index (χ3v) is 3.83. The zero-order valence-electron chi connectivity index (χ0n) is 9.74. The molecule has 0 atom stereocenters. The lowest BCUT2D eigenvalue weighted by Crippen LogP contribution is -2.27. The number of nitrogens with one attached hydrogen (secondary N) is 1. The molecule has 1 N–H and O–H groups in total. The van der Waals surface area contributed by atoms with Gasteiger partial charge in [-0.2, -0.15) is 0 Å². The summed E-state index contributed by atoms with van der Waals surface area (Å²) in [6.07, 6.45) is 0. The first-order valence-electron chi connectivity index (χ1n) is 4.75. The summed E-state index contributed by atoms with van der Waals surface area (Å²) in [5.41, 5.74) is -0.222. The Labute approximate surface area is 104 Å². The predicted molar refractivity (Wildman–Crippen MR) is 66.4 cm³/mol. The van der Waals surface area contributed by atoms with Crippen molar-refractivity contribution in [2.75, 3.05) is 25.3 Å². The number of hydrogen-bond donors (Lipinski definition) is 1. The van der Waals surface area contributed by atoms with Crippen LogP contribution in [-0.2, 0) is 5.41 Å². The standard InChI is InChI=1S/C9H15ClN4OS/c1-9(2,5-10)6-12-13-7(16-6)11-8(15)14(3)4/h5H2,1-4H3,(H,11,13,15). The molecule has 0 saturated heterocycles. The summed E-state index contributed by atoms with van der Waals surface area (Å²) in [6.45, 7) is 3.97. The van der Waals surface area contributed by atoms with E-state index in [-0.39, 0.29) is 11.4 Å².